The van der Waals surface area contributed by atoms with Gasteiger partial charge < -0.3 is 10.4 Å². The molecule has 78 valence electrons. The summed E-state index contributed by atoms with van der Waals surface area (Å²) in [5.41, 5.74) is 0.495. The summed E-state index contributed by atoms with van der Waals surface area (Å²) in [6, 6.07) is -0.989. The lowest BCUT2D eigenvalue weighted by molar-refractivity contribution is -0.499. The van der Waals surface area contributed by atoms with E-state index in [0.29, 0.717) is 5.57 Å². The molecule has 2 rings (SSSR count). The molecule has 1 heterocycles. The number of carbonyl (C=O) groups is 1. The first-order chi connectivity index (χ1) is 7.09. The topological polar surface area (TPSA) is 92.5 Å². The molecule has 15 heavy (non-hydrogen) atoms. The summed E-state index contributed by atoms with van der Waals surface area (Å²) in [4.78, 5) is 21.3. The van der Waals surface area contributed by atoms with Crippen molar-refractivity contribution in [1.29, 1.82) is 0 Å². The number of nitrogens with one attached hydrogen (secondary N) is 1. The highest BCUT2D eigenvalue weighted by Gasteiger charge is 2.33. The molecule has 0 aromatic carbocycles. The van der Waals surface area contributed by atoms with E-state index < -0.39 is 11.0 Å². The number of amides is 1. The molecule has 0 fully saturated rings. The van der Waals surface area contributed by atoms with E-state index in [2.05, 4.69) is 5.32 Å². The molecule has 0 aromatic heterocycles. The van der Waals surface area contributed by atoms with E-state index in [1.807, 2.05) is 0 Å². The third-order valence-electron chi connectivity index (χ3n) is 2.30. The van der Waals surface area contributed by atoms with Crippen LogP contribution in [0.25, 0.3) is 0 Å². The van der Waals surface area contributed by atoms with E-state index in [-0.39, 0.29) is 23.8 Å². The van der Waals surface area contributed by atoms with Gasteiger partial charge in [-0.25, -0.2) is 0 Å². The molecule has 0 saturated carbocycles. The normalized spacial score (nSPS) is 24.4. The minimum Gasteiger partial charge on any atom is -0.506 e. The van der Waals surface area contributed by atoms with Crippen LogP contribution in [-0.2, 0) is 4.79 Å². The van der Waals surface area contributed by atoms with Crippen LogP contribution in [-0.4, -0.2) is 22.0 Å². The minimum atomic E-state index is -0.989. The second kappa shape index (κ2) is 3.23. The van der Waals surface area contributed by atoms with Crippen LogP contribution in [0.3, 0.4) is 0 Å². The lowest BCUT2D eigenvalue weighted by atomic mass is 9.94. The number of aliphatic hydroxyl groups is 1. The van der Waals surface area contributed by atoms with Crippen molar-refractivity contribution in [2.75, 3.05) is 0 Å². The largest absolute Gasteiger partial charge is 0.506 e. The second-order valence-corrected chi connectivity index (χ2v) is 3.26. The third-order valence-corrected chi connectivity index (χ3v) is 2.30. The molecule has 1 aliphatic heterocycles. The predicted octanol–water partition coefficient (Wildman–Crippen LogP) is 0.417. The number of nitrogens with zero attached hydrogens (tertiary/aromatic N) is 1. The van der Waals surface area contributed by atoms with Crippen LogP contribution in [0.5, 0.6) is 0 Å². The van der Waals surface area contributed by atoms with Crippen molar-refractivity contribution >= 4 is 5.91 Å². The first-order valence-electron chi connectivity index (χ1n) is 4.35. The number of hydrogen-bond acceptors (Lipinski definition) is 4. The van der Waals surface area contributed by atoms with Crippen molar-refractivity contribution in [3.05, 3.63) is 45.4 Å². The Morgan fingerprint density at radius 3 is 3.00 bits per heavy atom. The van der Waals surface area contributed by atoms with Crippen molar-refractivity contribution < 1.29 is 14.8 Å². The van der Waals surface area contributed by atoms with Gasteiger partial charge in [0, 0.05) is 11.3 Å². The second-order valence-electron chi connectivity index (χ2n) is 3.26. The lowest BCUT2D eigenvalue weighted by Crippen LogP contribution is -2.35. The van der Waals surface area contributed by atoms with Crippen molar-refractivity contribution in [2.24, 2.45) is 0 Å². The Bertz CT molecular complexity index is 433. The molecule has 0 radical (unpaired) electrons. The molecule has 2 aliphatic rings. The van der Waals surface area contributed by atoms with Crippen LogP contribution in [0.1, 0.15) is 6.42 Å². The standard InChI is InChI=1S/C9H8N2O4/c12-7-3-2-6(11(14)15)5-1-4-8(13)10-9(5)7/h1-3,6,12H,4H2,(H,10,13). The van der Waals surface area contributed by atoms with Gasteiger partial charge in [0.1, 0.15) is 5.76 Å². The number of allylic oxidation sites excluding steroid dienone is 1. The molecule has 1 amide bonds. The fourth-order valence-corrected chi connectivity index (χ4v) is 1.60. The quantitative estimate of drug-likeness (QED) is 0.482. The van der Waals surface area contributed by atoms with Gasteiger partial charge in [0.15, 0.2) is 0 Å². The van der Waals surface area contributed by atoms with Gasteiger partial charge in [0.25, 0.3) is 6.04 Å². The van der Waals surface area contributed by atoms with Gasteiger partial charge in [-0.1, -0.05) is 6.08 Å². The maximum absolute atomic E-state index is 11.0. The molecule has 0 spiro atoms. The zero-order valence-electron chi connectivity index (χ0n) is 7.64. The van der Waals surface area contributed by atoms with Gasteiger partial charge in [-0.05, 0) is 12.2 Å². The van der Waals surface area contributed by atoms with E-state index in [1.54, 1.807) is 0 Å². The molecule has 2 N–H and O–H groups in total. The molecule has 1 atom stereocenters. The van der Waals surface area contributed by atoms with Crippen LogP contribution in [0.4, 0.5) is 0 Å². The third kappa shape index (κ3) is 1.50. The monoisotopic (exact) mass is 208 g/mol. The Morgan fingerprint density at radius 2 is 2.33 bits per heavy atom. The Balaban J connectivity index is 2.46. The van der Waals surface area contributed by atoms with Gasteiger partial charge in [-0.2, -0.15) is 0 Å². The lowest BCUT2D eigenvalue weighted by Gasteiger charge is -2.22. The summed E-state index contributed by atoms with van der Waals surface area (Å²) in [6.07, 6.45) is 4.10. The highest BCUT2D eigenvalue weighted by atomic mass is 16.6. The van der Waals surface area contributed by atoms with Crippen molar-refractivity contribution in [2.45, 2.75) is 12.5 Å². The zero-order valence-corrected chi connectivity index (χ0v) is 7.64. The van der Waals surface area contributed by atoms with Gasteiger partial charge in [-0.3, -0.25) is 14.9 Å². The van der Waals surface area contributed by atoms with Crippen LogP contribution >= 0.6 is 0 Å². The minimum absolute atomic E-state index is 0.101. The zero-order chi connectivity index (χ0) is 11.0. The highest BCUT2D eigenvalue weighted by Crippen LogP contribution is 2.26. The summed E-state index contributed by atoms with van der Waals surface area (Å²) in [6.45, 7) is 0. The number of hydrogen-bond donors (Lipinski definition) is 2. The summed E-state index contributed by atoms with van der Waals surface area (Å²) in [7, 11) is 0. The SMILES string of the molecule is O=C1CC=C2C(=C(O)C=CC2[N+](=O)[O-])N1. The predicted molar refractivity (Wildman–Crippen MR) is 50.4 cm³/mol. The summed E-state index contributed by atoms with van der Waals surface area (Å²) in [5.74, 6) is -0.426. The maximum atomic E-state index is 11.0. The van der Waals surface area contributed by atoms with E-state index in [0.717, 1.165) is 0 Å². The fraction of sp³-hybridized carbons (Fsp3) is 0.222. The van der Waals surface area contributed by atoms with E-state index >= 15 is 0 Å². The van der Waals surface area contributed by atoms with E-state index in [9.17, 15) is 20.0 Å². The Morgan fingerprint density at radius 1 is 1.60 bits per heavy atom. The number of rotatable bonds is 1. The average Bonchev–Trinajstić information content (AvgIpc) is 2.19. The van der Waals surface area contributed by atoms with Gasteiger partial charge in [0.05, 0.1) is 11.3 Å². The Hall–Kier alpha value is -2.11. The number of nitro groups is 1. The van der Waals surface area contributed by atoms with E-state index in [4.69, 9.17) is 0 Å². The molecule has 0 aromatic rings. The first kappa shape index (κ1) is 9.45. The van der Waals surface area contributed by atoms with Crippen LogP contribution < -0.4 is 5.32 Å². The van der Waals surface area contributed by atoms with Gasteiger partial charge >= 0.3 is 0 Å². The van der Waals surface area contributed by atoms with Crippen LogP contribution in [0.2, 0.25) is 0 Å². The summed E-state index contributed by atoms with van der Waals surface area (Å²) < 4.78 is 0. The molecular formula is C9H8N2O4. The summed E-state index contributed by atoms with van der Waals surface area (Å²) in [5, 5.41) is 22.5. The van der Waals surface area contributed by atoms with Crippen molar-refractivity contribution in [1.82, 2.24) is 5.32 Å². The van der Waals surface area contributed by atoms with Crippen molar-refractivity contribution in [3.8, 4) is 0 Å². The fourth-order valence-electron chi connectivity index (χ4n) is 1.60. The van der Waals surface area contributed by atoms with Crippen LogP contribution in [0.15, 0.2) is 35.3 Å². The number of fused-ring (bicyclic) bond motifs is 1. The molecular weight excluding hydrogens is 200 g/mol. The molecule has 0 bridgehead atoms. The average molecular weight is 208 g/mol. The Kier molecular flexibility index (Phi) is 2.03. The number of aliphatic hydroxyl groups excluding tert-OH is 1. The maximum Gasteiger partial charge on any atom is 0.258 e. The summed E-state index contributed by atoms with van der Waals surface area (Å²) >= 11 is 0. The van der Waals surface area contributed by atoms with E-state index in [1.165, 1.54) is 18.2 Å². The first-order valence-corrected chi connectivity index (χ1v) is 4.35. The van der Waals surface area contributed by atoms with Gasteiger partial charge in [-0.15, -0.1) is 0 Å². The molecule has 0 saturated heterocycles. The van der Waals surface area contributed by atoms with Crippen LogP contribution in [0, 0.1) is 10.1 Å². The van der Waals surface area contributed by atoms with Crippen molar-refractivity contribution in [3.63, 3.8) is 0 Å². The molecule has 6 heteroatoms. The smallest absolute Gasteiger partial charge is 0.258 e. The molecule has 6 nitrogen and oxygen atoms in total. The molecule has 1 unspecified atom stereocenters. The highest BCUT2D eigenvalue weighted by molar-refractivity contribution is 5.83. The Labute approximate surface area is 84.7 Å². The van der Waals surface area contributed by atoms with Gasteiger partial charge in [0.2, 0.25) is 5.91 Å². The molecule has 1 aliphatic carbocycles. The number of carbonyl (C=O) groups excluding carboxylic acids is 1.